The summed E-state index contributed by atoms with van der Waals surface area (Å²) in [7, 11) is 0. The van der Waals surface area contributed by atoms with Crippen LogP contribution in [-0.2, 0) is 10.5 Å². The predicted molar refractivity (Wildman–Crippen MR) is 129 cm³/mol. The number of benzene rings is 3. The van der Waals surface area contributed by atoms with Crippen molar-refractivity contribution in [1.29, 1.82) is 0 Å². The van der Waals surface area contributed by atoms with Crippen molar-refractivity contribution < 1.29 is 9.59 Å². The minimum atomic E-state index is -0.275. The number of H-pyrrole nitrogens is 1. The molecule has 32 heavy (non-hydrogen) atoms. The Bertz CT molecular complexity index is 1230. The van der Waals surface area contributed by atoms with Crippen molar-refractivity contribution in [3.8, 4) is 0 Å². The number of nitrogens with zero attached hydrogens (tertiary/aromatic N) is 1. The van der Waals surface area contributed by atoms with Crippen LogP contribution in [0, 0.1) is 13.8 Å². The fourth-order valence-corrected chi connectivity index (χ4v) is 4.35. The molecule has 162 valence electrons. The maximum atomic E-state index is 12.8. The number of rotatable bonds is 7. The SMILES string of the molecule is Cc1cccc(C)c1NC(=O)CNC(=O)c1ccccc1CSc1nc2ccccc2[nH]1. The van der Waals surface area contributed by atoms with E-state index in [9.17, 15) is 9.59 Å². The Morgan fingerprint density at radius 2 is 1.66 bits per heavy atom. The molecule has 4 aromatic rings. The number of thioether (sulfide) groups is 1. The largest absolute Gasteiger partial charge is 0.343 e. The Kier molecular flexibility index (Phi) is 6.56. The van der Waals surface area contributed by atoms with E-state index in [1.165, 1.54) is 11.8 Å². The average Bonchev–Trinajstić information content (AvgIpc) is 3.22. The van der Waals surface area contributed by atoms with Gasteiger partial charge in [0.15, 0.2) is 5.16 Å². The van der Waals surface area contributed by atoms with Gasteiger partial charge in [0.05, 0.1) is 17.6 Å². The lowest BCUT2D eigenvalue weighted by Gasteiger charge is -2.13. The van der Waals surface area contributed by atoms with E-state index in [-0.39, 0.29) is 18.4 Å². The Labute approximate surface area is 190 Å². The van der Waals surface area contributed by atoms with Gasteiger partial charge < -0.3 is 15.6 Å². The molecule has 0 spiro atoms. The fourth-order valence-electron chi connectivity index (χ4n) is 3.46. The lowest BCUT2D eigenvalue weighted by atomic mass is 10.1. The number of carbonyl (C=O) groups excluding carboxylic acids is 2. The van der Waals surface area contributed by atoms with Gasteiger partial charge in [-0.2, -0.15) is 0 Å². The van der Waals surface area contributed by atoms with Crippen molar-refractivity contribution >= 4 is 40.3 Å². The first-order chi connectivity index (χ1) is 15.5. The van der Waals surface area contributed by atoms with Crippen LogP contribution in [0.3, 0.4) is 0 Å². The number of para-hydroxylation sites is 3. The molecule has 1 heterocycles. The molecule has 0 aliphatic heterocycles. The second-order valence-corrected chi connectivity index (χ2v) is 8.47. The Morgan fingerprint density at radius 1 is 0.938 bits per heavy atom. The van der Waals surface area contributed by atoms with Crippen molar-refractivity contribution in [1.82, 2.24) is 15.3 Å². The Hall–Kier alpha value is -3.58. The number of hydrogen-bond donors (Lipinski definition) is 3. The van der Waals surface area contributed by atoms with E-state index in [4.69, 9.17) is 0 Å². The lowest BCUT2D eigenvalue weighted by molar-refractivity contribution is -0.115. The smallest absolute Gasteiger partial charge is 0.252 e. The molecule has 0 fully saturated rings. The molecule has 0 aliphatic carbocycles. The topological polar surface area (TPSA) is 86.9 Å². The number of aromatic amines is 1. The van der Waals surface area contributed by atoms with Crippen LogP contribution in [-0.4, -0.2) is 28.3 Å². The molecule has 0 saturated carbocycles. The number of hydrogen-bond acceptors (Lipinski definition) is 4. The first-order valence-electron chi connectivity index (χ1n) is 10.3. The van der Waals surface area contributed by atoms with E-state index < -0.39 is 0 Å². The van der Waals surface area contributed by atoms with Crippen molar-refractivity contribution in [3.63, 3.8) is 0 Å². The molecule has 2 amide bonds. The van der Waals surface area contributed by atoms with Gasteiger partial charge in [-0.05, 0) is 48.7 Å². The second kappa shape index (κ2) is 9.70. The van der Waals surface area contributed by atoms with Crippen LogP contribution >= 0.6 is 11.8 Å². The monoisotopic (exact) mass is 444 g/mol. The highest BCUT2D eigenvalue weighted by molar-refractivity contribution is 7.98. The highest BCUT2D eigenvalue weighted by Crippen LogP contribution is 2.24. The van der Waals surface area contributed by atoms with Crippen molar-refractivity contribution in [2.45, 2.75) is 24.8 Å². The number of imidazole rings is 1. The molecule has 1 aromatic heterocycles. The molecular weight excluding hydrogens is 420 g/mol. The van der Waals surface area contributed by atoms with Crippen LogP contribution < -0.4 is 10.6 Å². The van der Waals surface area contributed by atoms with Gasteiger partial charge in [0, 0.05) is 17.0 Å². The quantitative estimate of drug-likeness (QED) is 0.356. The molecule has 0 bridgehead atoms. The lowest BCUT2D eigenvalue weighted by Crippen LogP contribution is -2.33. The first kappa shape index (κ1) is 21.6. The normalized spacial score (nSPS) is 10.8. The number of aromatic nitrogens is 2. The minimum absolute atomic E-state index is 0.0995. The maximum Gasteiger partial charge on any atom is 0.252 e. The third-order valence-corrected chi connectivity index (χ3v) is 6.07. The Balaban J connectivity index is 1.38. The van der Waals surface area contributed by atoms with Crippen molar-refractivity contribution in [2.24, 2.45) is 0 Å². The summed E-state index contributed by atoms with van der Waals surface area (Å²) < 4.78 is 0. The molecule has 0 aliphatic rings. The third-order valence-electron chi connectivity index (χ3n) is 5.15. The summed E-state index contributed by atoms with van der Waals surface area (Å²) in [5.74, 6) is 0.0465. The second-order valence-electron chi connectivity index (χ2n) is 7.50. The van der Waals surface area contributed by atoms with Gasteiger partial charge in [0.25, 0.3) is 5.91 Å². The van der Waals surface area contributed by atoms with E-state index in [1.807, 2.05) is 74.5 Å². The number of carbonyl (C=O) groups is 2. The number of aryl methyl sites for hydroxylation is 2. The number of amides is 2. The van der Waals surface area contributed by atoms with E-state index >= 15 is 0 Å². The maximum absolute atomic E-state index is 12.8. The van der Waals surface area contributed by atoms with Crippen molar-refractivity contribution in [2.75, 3.05) is 11.9 Å². The summed E-state index contributed by atoms with van der Waals surface area (Å²) in [5.41, 5.74) is 6.08. The minimum Gasteiger partial charge on any atom is -0.343 e. The van der Waals surface area contributed by atoms with E-state index in [2.05, 4.69) is 20.6 Å². The van der Waals surface area contributed by atoms with Gasteiger partial charge in [-0.1, -0.05) is 60.3 Å². The number of fused-ring (bicyclic) bond motifs is 1. The average molecular weight is 445 g/mol. The van der Waals surface area contributed by atoms with E-state index in [0.29, 0.717) is 11.3 Å². The van der Waals surface area contributed by atoms with Crippen LogP contribution in [0.25, 0.3) is 11.0 Å². The highest BCUT2D eigenvalue weighted by atomic mass is 32.2. The van der Waals surface area contributed by atoms with Gasteiger partial charge in [-0.3, -0.25) is 9.59 Å². The van der Waals surface area contributed by atoms with Gasteiger partial charge >= 0.3 is 0 Å². The summed E-state index contributed by atoms with van der Waals surface area (Å²) in [5, 5.41) is 6.42. The summed E-state index contributed by atoms with van der Waals surface area (Å²) in [6.45, 7) is 3.78. The van der Waals surface area contributed by atoms with Crippen LogP contribution in [0.4, 0.5) is 5.69 Å². The number of nitrogens with one attached hydrogen (secondary N) is 3. The predicted octanol–water partition coefficient (Wildman–Crippen LogP) is 4.84. The molecule has 4 rings (SSSR count). The zero-order chi connectivity index (χ0) is 22.5. The molecule has 0 radical (unpaired) electrons. The van der Waals surface area contributed by atoms with Gasteiger partial charge in [-0.15, -0.1) is 0 Å². The van der Waals surface area contributed by atoms with Gasteiger partial charge in [-0.25, -0.2) is 4.98 Å². The van der Waals surface area contributed by atoms with Crippen LogP contribution in [0.2, 0.25) is 0 Å². The van der Waals surface area contributed by atoms with Gasteiger partial charge in [0.1, 0.15) is 0 Å². The molecular formula is C25H24N4O2S. The molecule has 0 atom stereocenters. The summed E-state index contributed by atoms with van der Waals surface area (Å²) in [6.07, 6.45) is 0. The van der Waals surface area contributed by atoms with Crippen LogP contribution in [0.1, 0.15) is 27.0 Å². The molecule has 0 unspecified atom stereocenters. The third kappa shape index (κ3) is 5.00. The zero-order valence-corrected chi connectivity index (χ0v) is 18.8. The molecule has 3 aromatic carbocycles. The van der Waals surface area contributed by atoms with Gasteiger partial charge in [0.2, 0.25) is 5.91 Å². The van der Waals surface area contributed by atoms with E-state index in [0.717, 1.165) is 38.6 Å². The van der Waals surface area contributed by atoms with Crippen LogP contribution in [0.5, 0.6) is 0 Å². The first-order valence-corrected chi connectivity index (χ1v) is 11.3. The molecule has 0 saturated heterocycles. The zero-order valence-electron chi connectivity index (χ0n) is 17.9. The standard InChI is InChI=1S/C25H24N4O2S/c1-16-8-7-9-17(2)23(16)29-22(30)14-26-24(31)19-11-4-3-10-18(19)15-32-25-27-20-12-5-6-13-21(20)28-25/h3-13H,14-15H2,1-2H3,(H,26,31)(H,27,28)(H,29,30). The molecule has 6 nitrogen and oxygen atoms in total. The molecule has 3 N–H and O–H groups in total. The fraction of sp³-hybridized carbons (Fsp3) is 0.160. The van der Waals surface area contributed by atoms with Crippen molar-refractivity contribution in [3.05, 3.63) is 89.0 Å². The highest BCUT2D eigenvalue weighted by Gasteiger charge is 2.14. The summed E-state index contributed by atoms with van der Waals surface area (Å²) in [4.78, 5) is 33.0. The summed E-state index contributed by atoms with van der Waals surface area (Å²) >= 11 is 1.53. The summed E-state index contributed by atoms with van der Waals surface area (Å²) in [6, 6.07) is 21.1. The van der Waals surface area contributed by atoms with E-state index in [1.54, 1.807) is 6.07 Å². The Morgan fingerprint density at radius 3 is 2.44 bits per heavy atom. The van der Waals surface area contributed by atoms with Crippen LogP contribution in [0.15, 0.2) is 71.9 Å². The number of anilines is 1. The molecule has 7 heteroatoms.